The third kappa shape index (κ3) is 4.84. The third-order valence-corrected chi connectivity index (χ3v) is 8.89. The average Bonchev–Trinajstić information content (AvgIpc) is 3.50. The monoisotopic (exact) mass is 544 g/mol. The van der Waals surface area contributed by atoms with Gasteiger partial charge in [0.1, 0.15) is 16.7 Å². The van der Waals surface area contributed by atoms with Gasteiger partial charge in [-0.3, -0.25) is 14.6 Å². The van der Waals surface area contributed by atoms with Crippen molar-refractivity contribution in [3.63, 3.8) is 0 Å². The zero-order valence-corrected chi connectivity index (χ0v) is 21.5. The number of carbonyl (C=O) groups is 1. The first-order valence-corrected chi connectivity index (χ1v) is 13.9. The first-order valence-electron chi connectivity index (χ1n) is 13.0. The van der Waals surface area contributed by atoms with E-state index in [1.54, 1.807) is 5.51 Å². The number of allylic oxidation sites excluding steroid dienone is 1. The Morgan fingerprint density at radius 3 is 2.58 bits per heavy atom. The van der Waals surface area contributed by atoms with Gasteiger partial charge in [0, 0.05) is 31.8 Å². The van der Waals surface area contributed by atoms with Gasteiger partial charge in [0.15, 0.2) is 0 Å². The largest absolute Gasteiger partial charge is 0.418 e. The van der Waals surface area contributed by atoms with E-state index < -0.39 is 29.7 Å². The number of likely N-dealkylation sites (tertiary alicyclic amines) is 1. The molecule has 1 aromatic carbocycles. The SMILES string of the molecule is O=C1C(c2cccc([C@H](c3nncs3)C3CCC3)c2)C=C2C(C(F)(F)F)=CC(CN3CCC(F)CC3)=CN12. The molecule has 5 nitrogen and oxygen atoms in total. The van der Waals surface area contributed by atoms with Gasteiger partial charge in [0.25, 0.3) is 0 Å². The van der Waals surface area contributed by atoms with Gasteiger partial charge in [0.2, 0.25) is 5.91 Å². The molecule has 1 unspecified atom stereocenters. The lowest BCUT2D eigenvalue weighted by molar-refractivity contribution is -0.126. The molecular formula is C28H28F4N4OS. The highest BCUT2D eigenvalue weighted by atomic mass is 32.1. The second-order valence-corrected chi connectivity index (χ2v) is 11.4. The van der Waals surface area contributed by atoms with Crippen molar-refractivity contribution >= 4 is 17.2 Å². The van der Waals surface area contributed by atoms with Crippen LogP contribution in [0, 0.1) is 5.92 Å². The van der Waals surface area contributed by atoms with Crippen LogP contribution in [0.25, 0.3) is 0 Å². The minimum atomic E-state index is -4.61. The summed E-state index contributed by atoms with van der Waals surface area (Å²) in [5, 5.41) is 9.24. The number of benzene rings is 1. The van der Waals surface area contributed by atoms with Gasteiger partial charge in [-0.2, -0.15) is 13.2 Å². The summed E-state index contributed by atoms with van der Waals surface area (Å²) < 4.78 is 56.0. The molecule has 0 spiro atoms. The summed E-state index contributed by atoms with van der Waals surface area (Å²) in [5.74, 6) is -0.712. The number of rotatable bonds is 6. The molecule has 0 radical (unpaired) electrons. The Bertz CT molecular complexity index is 1290. The van der Waals surface area contributed by atoms with Gasteiger partial charge in [-0.25, -0.2) is 4.39 Å². The lowest BCUT2D eigenvalue weighted by atomic mass is 9.73. The van der Waals surface area contributed by atoms with E-state index in [-0.39, 0.29) is 18.2 Å². The van der Waals surface area contributed by atoms with E-state index in [1.807, 2.05) is 29.2 Å². The number of aromatic nitrogens is 2. The summed E-state index contributed by atoms with van der Waals surface area (Å²) in [4.78, 5) is 16.7. The molecule has 2 aromatic rings. The van der Waals surface area contributed by atoms with Crippen molar-refractivity contribution in [1.82, 2.24) is 20.0 Å². The Kier molecular flexibility index (Phi) is 6.72. The molecule has 200 valence electrons. The van der Waals surface area contributed by atoms with Crippen LogP contribution in [0.15, 0.2) is 65.0 Å². The summed E-state index contributed by atoms with van der Waals surface area (Å²) in [6.07, 6.45) is 2.69. The topological polar surface area (TPSA) is 49.3 Å². The van der Waals surface area contributed by atoms with Gasteiger partial charge in [0.05, 0.1) is 17.2 Å². The normalized spacial score (nSPS) is 24.0. The zero-order valence-electron chi connectivity index (χ0n) is 20.7. The number of fused-ring (bicyclic) bond motifs is 1. The molecule has 4 aliphatic rings. The average molecular weight is 545 g/mol. The number of piperidine rings is 1. The minimum Gasteiger partial charge on any atom is -0.299 e. The highest BCUT2D eigenvalue weighted by Gasteiger charge is 2.45. The van der Waals surface area contributed by atoms with E-state index in [0.717, 1.165) is 40.8 Å². The van der Waals surface area contributed by atoms with Crippen LogP contribution in [0.5, 0.6) is 0 Å². The molecule has 1 aliphatic carbocycles. The molecule has 38 heavy (non-hydrogen) atoms. The van der Waals surface area contributed by atoms with Crippen LogP contribution in [0.1, 0.15) is 60.1 Å². The van der Waals surface area contributed by atoms with Gasteiger partial charge in [-0.05, 0) is 60.5 Å². The number of alkyl halides is 4. The van der Waals surface area contributed by atoms with Crippen LogP contribution in [0.3, 0.4) is 0 Å². The fourth-order valence-corrected chi connectivity index (χ4v) is 6.69. The van der Waals surface area contributed by atoms with E-state index in [4.69, 9.17) is 0 Å². The van der Waals surface area contributed by atoms with Crippen LogP contribution in [0.2, 0.25) is 0 Å². The van der Waals surface area contributed by atoms with Crippen molar-refractivity contribution in [1.29, 1.82) is 0 Å². The fourth-order valence-electron chi connectivity index (χ4n) is 5.92. The second kappa shape index (κ2) is 10.0. The Labute approximate surface area is 222 Å². The van der Waals surface area contributed by atoms with E-state index >= 15 is 0 Å². The van der Waals surface area contributed by atoms with Crippen LogP contribution in [-0.4, -0.2) is 57.9 Å². The van der Waals surface area contributed by atoms with Crippen LogP contribution in [0.4, 0.5) is 17.6 Å². The molecule has 4 heterocycles. The fraction of sp³-hybridized carbons (Fsp3) is 0.464. The summed E-state index contributed by atoms with van der Waals surface area (Å²) in [6.45, 7) is 1.21. The van der Waals surface area contributed by atoms with Crippen molar-refractivity contribution in [2.75, 3.05) is 19.6 Å². The van der Waals surface area contributed by atoms with Crippen molar-refractivity contribution in [2.24, 2.45) is 5.92 Å². The maximum absolute atomic E-state index is 14.2. The molecule has 1 amide bonds. The Morgan fingerprint density at radius 2 is 1.92 bits per heavy atom. The van der Waals surface area contributed by atoms with E-state index in [1.165, 1.54) is 23.6 Å². The zero-order chi connectivity index (χ0) is 26.4. The van der Waals surface area contributed by atoms with Crippen molar-refractivity contribution in [3.8, 4) is 0 Å². The Hall–Kier alpha value is -2.85. The first kappa shape index (κ1) is 25.4. The first-order chi connectivity index (χ1) is 18.3. The predicted molar refractivity (Wildman–Crippen MR) is 136 cm³/mol. The van der Waals surface area contributed by atoms with Crippen molar-refractivity contribution in [2.45, 2.75) is 56.3 Å². The molecule has 0 bridgehead atoms. The molecule has 1 saturated heterocycles. The number of halogens is 4. The van der Waals surface area contributed by atoms with Gasteiger partial charge in [-0.1, -0.05) is 30.7 Å². The molecule has 2 fully saturated rings. The Balaban J connectivity index is 1.30. The van der Waals surface area contributed by atoms with Crippen molar-refractivity contribution in [3.05, 3.63) is 81.1 Å². The van der Waals surface area contributed by atoms with Crippen LogP contribution in [-0.2, 0) is 4.79 Å². The molecule has 0 N–H and O–H groups in total. The molecule has 6 rings (SSSR count). The van der Waals surface area contributed by atoms with Gasteiger partial charge < -0.3 is 0 Å². The maximum Gasteiger partial charge on any atom is 0.418 e. The molecule has 1 aromatic heterocycles. The lowest BCUT2D eigenvalue weighted by Gasteiger charge is -2.33. The highest BCUT2D eigenvalue weighted by Crippen LogP contribution is 2.46. The van der Waals surface area contributed by atoms with Crippen molar-refractivity contribution < 1.29 is 22.4 Å². The van der Waals surface area contributed by atoms with E-state index in [0.29, 0.717) is 43.0 Å². The molecule has 3 aliphatic heterocycles. The predicted octanol–water partition coefficient (Wildman–Crippen LogP) is 6.10. The highest BCUT2D eigenvalue weighted by molar-refractivity contribution is 7.09. The quantitative estimate of drug-likeness (QED) is 0.413. The van der Waals surface area contributed by atoms with Crippen LogP contribution >= 0.6 is 11.3 Å². The summed E-state index contributed by atoms with van der Waals surface area (Å²) in [7, 11) is 0. The second-order valence-electron chi connectivity index (χ2n) is 10.6. The van der Waals surface area contributed by atoms with Gasteiger partial charge in [-0.15, -0.1) is 21.5 Å². The minimum absolute atomic E-state index is 0.0635. The van der Waals surface area contributed by atoms with E-state index in [9.17, 15) is 22.4 Å². The number of hydrogen-bond donors (Lipinski definition) is 0. The molecular weight excluding hydrogens is 516 g/mol. The van der Waals surface area contributed by atoms with E-state index in [2.05, 4.69) is 10.2 Å². The molecule has 10 heteroatoms. The number of nitrogens with zero attached hydrogens (tertiary/aromatic N) is 4. The standard InChI is InChI=1S/C28H28F4N4OS/c29-21-7-9-35(10-8-21)14-17-11-23(28(30,31)32)24-13-22(27(37)36(24)15-17)19-5-2-6-20(12-19)25(18-3-1-4-18)26-34-33-16-38-26/h2,5-6,11-13,15-16,18,21-22,25H,1,3-4,7-10,14H2/t22?,25-/m1/s1. The lowest BCUT2D eigenvalue weighted by Crippen LogP contribution is -2.37. The Morgan fingerprint density at radius 1 is 1.13 bits per heavy atom. The van der Waals surface area contributed by atoms with Crippen LogP contribution < -0.4 is 0 Å². The van der Waals surface area contributed by atoms with Gasteiger partial charge >= 0.3 is 6.18 Å². The maximum atomic E-state index is 14.2. The number of carbonyl (C=O) groups excluding carboxylic acids is 1. The summed E-state index contributed by atoms with van der Waals surface area (Å²) >= 11 is 1.50. The molecule has 2 atom stereocenters. The molecule has 1 saturated carbocycles. The third-order valence-electron chi connectivity index (χ3n) is 8.11. The number of hydrogen-bond acceptors (Lipinski definition) is 5. The number of amides is 1. The summed E-state index contributed by atoms with van der Waals surface area (Å²) in [6, 6.07) is 7.64. The summed E-state index contributed by atoms with van der Waals surface area (Å²) in [5.41, 5.74) is 2.86. The smallest absolute Gasteiger partial charge is 0.299 e.